The van der Waals surface area contributed by atoms with Crippen LogP contribution in [0.15, 0.2) is 25.3 Å². The molecule has 0 aromatic carbocycles. The normalized spacial score (nSPS) is 29.6. The van der Waals surface area contributed by atoms with E-state index < -0.39 is 41.6 Å². The Bertz CT molecular complexity index is 846. The van der Waals surface area contributed by atoms with E-state index in [1.807, 2.05) is 13.8 Å². The van der Waals surface area contributed by atoms with Crippen molar-refractivity contribution in [2.24, 2.45) is 17.8 Å². The van der Waals surface area contributed by atoms with E-state index in [9.17, 15) is 19.5 Å². The van der Waals surface area contributed by atoms with Crippen molar-refractivity contribution in [3.8, 4) is 0 Å². The number of carbonyl (C=O) groups is 3. The second-order valence-electron chi connectivity index (χ2n) is 10.8. The number of fused-ring (bicyclic) bond motifs is 1. The van der Waals surface area contributed by atoms with Gasteiger partial charge in [-0.2, -0.15) is 0 Å². The standard InChI is InChI=1S/C29H46N2O6/c1-6-10-12-17-30(16-8-3)27(34)25-29-15-14-22(37-29)23(28(35)36-18-13-11-7-2)24(29)26(33)31(25)21(19-32)20(5)9-4/h7-8,20-25,32H,2-3,6,9-19H2,1,4-5H3/t20-,21-,22+,23-,24-,25?,29?/m0/s1. The van der Waals surface area contributed by atoms with E-state index >= 15 is 0 Å². The number of nitrogens with zero attached hydrogens (tertiary/aromatic N) is 2. The lowest BCUT2D eigenvalue weighted by Crippen LogP contribution is -2.59. The fourth-order valence-electron chi connectivity index (χ4n) is 6.48. The predicted molar refractivity (Wildman–Crippen MR) is 141 cm³/mol. The summed E-state index contributed by atoms with van der Waals surface area (Å²) >= 11 is 0. The third kappa shape index (κ3) is 5.51. The third-order valence-corrected chi connectivity index (χ3v) is 8.58. The highest BCUT2D eigenvalue weighted by molar-refractivity contribution is 5.98. The first kappa shape index (κ1) is 29.4. The molecule has 7 atom stereocenters. The van der Waals surface area contributed by atoms with Crippen LogP contribution in [0.1, 0.15) is 72.1 Å². The maximum absolute atomic E-state index is 14.3. The number of hydrogen-bond acceptors (Lipinski definition) is 6. The van der Waals surface area contributed by atoms with Gasteiger partial charge in [0.1, 0.15) is 11.6 Å². The highest BCUT2D eigenvalue weighted by atomic mass is 16.6. The highest BCUT2D eigenvalue weighted by Crippen LogP contribution is 2.59. The number of likely N-dealkylation sites (tertiary alicyclic amines) is 1. The number of hydrogen-bond donors (Lipinski definition) is 1. The van der Waals surface area contributed by atoms with Gasteiger partial charge in [0, 0.05) is 13.1 Å². The number of aliphatic hydroxyl groups is 1. The lowest BCUT2D eigenvalue weighted by molar-refractivity contribution is -0.157. The van der Waals surface area contributed by atoms with Crippen LogP contribution < -0.4 is 0 Å². The number of esters is 1. The average Bonchev–Trinajstić information content (AvgIpc) is 3.54. The molecule has 2 unspecified atom stereocenters. The SMILES string of the molecule is C=CCCCOC(=O)[C@@H]1[C@H]2C(=O)N([C@@H](CO)[C@@H](C)CC)C(C(=O)N(CC=C)CCCCC)C23CC[C@H]1O3. The van der Waals surface area contributed by atoms with Crippen molar-refractivity contribution < 1.29 is 29.0 Å². The maximum atomic E-state index is 14.3. The summed E-state index contributed by atoms with van der Waals surface area (Å²) in [5.74, 6) is -2.46. The monoisotopic (exact) mass is 518 g/mol. The van der Waals surface area contributed by atoms with Crippen LogP contribution in [0.3, 0.4) is 0 Å². The van der Waals surface area contributed by atoms with Crippen molar-refractivity contribution in [2.75, 3.05) is 26.3 Å². The molecule has 0 saturated carbocycles. The van der Waals surface area contributed by atoms with Crippen molar-refractivity contribution in [3.63, 3.8) is 0 Å². The fourth-order valence-corrected chi connectivity index (χ4v) is 6.48. The molecule has 0 aromatic heterocycles. The van der Waals surface area contributed by atoms with Crippen molar-refractivity contribution in [1.29, 1.82) is 0 Å². The Morgan fingerprint density at radius 1 is 1.27 bits per heavy atom. The lowest BCUT2D eigenvalue weighted by atomic mass is 9.70. The molecule has 0 aromatic rings. The smallest absolute Gasteiger partial charge is 0.312 e. The highest BCUT2D eigenvalue weighted by Gasteiger charge is 2.75. The summed E-state index contributed by atoms with van der Waals surface area (Å²) < 4.78 is 12.1. The van der Waals surface area contributed by atoms with Gasteiger partial charge < -0.3 is 24.4 Å². The first-order valence-corrected chi connectivity index (χ1v) is 14.1. The quantitative estimate of drug-likeness (QED) is 0.191. The molecule has 3 rings (SSSR count). The first-order valence-electron chi connectivity index (χ1n) is 14.1. The zero-order valence-electron chi connectivity index (χ0n) is 22.9. The van der Waals surface area contributed by atoms with Crippen molar-refractivity contribution in [2.45, 2.75) is 95.9 Å². The first-order chi connectivity index (χ1) is 17.8. The van der Waals surface area contributed by atoms with Gasteiger partial charge in [-0.3, -0.25) is 14.4 Å². The zero-order chi connectivity index (χ0) is 27.2. The molecular formula is C29H46N2O6. The molecule has 0 radical (unpaired) electrons. The molecule has 3 aliphatic rings. The van der Waals surface area contributed by atoms with Gasteiger partial charge in [0.2, 0.25) is 11.8 Å². The van der Waals surface area contributed by atoms with Crippen LogP contribution in [0, 0.1) is 17.8 Å². The van der Waals surface area contributed by atoms with Gasteiger partial charge in [-0.05, 0) is 38.0 Å². The van der Waals surface area contributed by atoms with Crippen LogP contribution in [0.25, 0.3) is 0 Å². The molecule has 3 fully saturated rings. The topological polar surface area (TPSA) is 96.4 Å². The molecule has 208 valence electrons. The van der Waals surface area contributed by atoms with Gasteiger partial charge >= 0.3 is 5.97 Å². The van der Waals surface area contributed by atoms with Gasteiger partial charge in [0.05, 0.1) is 37.2 Å². The summed E-state index contributed by atoms with van der Waals surface area (Å²) in [7, 11) is 0. The van der Waals surface area contributed by atoms with Crippen molar-refractivity contribution >= 4 is 17.8 Å². The molecule has 3 aliphatic heterocycles. The number of ether oxygens (including phenoxy) is 2. The van der Waals surface area contributed by atoms with E-state index in [4.69, 9.17) is 9.47 Å². The summed E-state index contributed by atoms with van der Waals surface area (Å²) in [5.41, 5.74) is -1.09. The summed E-state index contributed by atoms with van der Waals surface area (Å²) in [6.45, 7) is 14.6. The van der Waals surface area contributed by atoms with Gasteiger partial charge in [0.15, 0.2) is 0 Å². The largest absolute Gasteiger partial charge is 0.465 e. The molecule has 3 heterocycles. The van der Waals surface area contributed by atoms with E-state index in [2.05, 4.69) is 20.1 Å². The molecule has 37 heavy (non-hydrogen) atoms. The molecule has 1 spiro atoms. The fraction of sp³-hybridized carbons (Fsp3) is 0.759. The maximum Gasteiger partial charge on any atom is 0.312 e. The summed E-state index contributed by atoms with van der Waals surface area (Å²) in [4.78, 5) is 45.0. The van der Waals surface area contributed by atoms with Gasteiger partial charge in [-0.15, -0.1) is 13.2 Å². The summed E-state index contributed by atoms with van der Waals surface area (Å²) in [6, 6.07) is -1.43. The van der Waals surface area contributed by atoms with Crippen LogP contribution >= 0.6 is 0 Å². The Balaban J connectivity index is 1.99. The minimum Gasteiger partial charge on any atom is -0.465 e. The number of rotatable bonds is 16. The van der Waals surface area contributed by atoms with Crippen molar-refractivity contribution in [1.82, 2.24) is 9.80 Å². The molecule has 8 nitrogen and oxygen atoms in total. The Kier molecular flexibility index (Phi) is 10.4. The number of amides is 2. The number of allylic oxidation sites excluding steroid dienone is 1. The predicted octanol–water partition coefficient (Wildman–Crippen LogP) is 3.48. The van der Waals surface area contributed by atoms with E-state index in [0.29, 0.717) is 32.4 Å². The van der Waals surface area contributed by atoms with Crippen LogP contribution in [-0.2, 0) is 23.9 Å². The molecular weight excluding hydrogens is 472 g/mol. The van der Waals surface area contributed by atoms with Crippen LogP contribution in [0.5, 0.6) is 0 Å². The van der Waals surface area contributed by atoms with Crippen LogP contribution in [0.2, 0.25) is 0 Å². The van der Waals surface area contributed by atoms with Gasteiger partial charge in [0.25, 0.3) is 0 Å². The lowest BCUT2D eigenvalue weighted by Gasteiger charge is -2.41. The number of aliphatic hydroxyl groups excluding tert-OH is 1. The van der Waals surface area contributed by atoms with Gasteiger partial charge in [-0.1, -0.05) is 52.2 Å². The zero-order valence-corrected chi connectivity index (χ0v) is 22.9. The van der Waals surface area contributed by atoms with E-state index in [1.54, 1.807) is 22.0 Å². The molecule has 1 N–H and O–H groups in total. The van der Waals surface area contributed by atoms with E-state index in [1.165, 1.54) is 0 Å². The summed E-state index contributed by atoms with van der Waals surface area (Å²) in [6.07, 6.45) is 9.16. The molecule has 0 aliphatic carbocycles. The molecule has 2 bridgehead atoms. The second-order valence-corrected chi connectivity index (χ2v) is 10.8. The molecule has 3 saturated heterocycles. The van der Waals surface area contributed by atoms with Crippen molar-refractivity contribution in [3.05, 3.63) is 25.3 Å². The average molecular weight is 519 g/mol. The summed E-state index contributed by atoms with van der Waals surface area (Å²) in [5, 5.41) is 10.4. The minimum absolute atomic E-state index is 0.0334. The minimum atomic E-state index is -1.09. The van der Waals surface area contributed by atoms with E-state index in [0.717, 1.165) is 32.1 Å². The number of unbranched alkanes of at least 4 members (excludes halogenated alkanes) is 3. The van der Waals surface area contributed by atoms with E-state index in [-0.39, 0.29) is 30.9 Å². The molecule has 2 amide bonds. The Morgan fingerprint density at radius 3 is 2.65 bits per heavy atom. The Morgan fingerprint density at radius 2 is 2.03 bits per heavy atom. The third-order valence-electron chi connectivity index (χ3n) is 8.58. The second kappa shape index (κ2) is 13.1. The Hall–Kier alpha value is -2.19. The number of carbonyl (C=O) groups excluding carboxylic acids is 3. The molecule has 8 heteroatoms. The van der Waals surface area contributed by atoms with Crippen LogP contribution in [-0.4, -0.2) is 82.8 Å². The Labute approximate surface area is 222 Å². The van der Waals surface area contributed by atoms with Crippen LogP contribution in [0.4, 0.5) is 0 Å². The van der Waals surface area contributed by atoms with Gasteiger partial charge in [-0.25, -0.2) is 0 Å².